The smallest absolute Gasteiger partial charge is 0.351 e. The third kappa shape index (κ3) is 2.40. The van der Waals surface area contributed by atoms with Gasteiger partial charge in [-0.1, -0.05) is 17.5 Å². The van der Waals surface area contributed by atoms with Gasteiger partial charge in [0.25, 0.3) is 0 Å². The number of aromatic nitrogens is 2. The molecule has 2 rings (SSSR count). The second kappa shape index (κ2) is 5.31. The van der Waals surface area contributed by atoms with Crippen molar-refractivity contribution in [2.24, 2.45) is 0 Å². The molecule has 4 N–H and O–H groups in total. The van der Waals surface area contributed by atoms with Crippen molar-refractivity contribution in [1.82, 2.24) is 9.55 Å². The predicted molar refractivity (Wildman–Crippen MR) is 76.7 cm³/mol. The second-order valence-corrected chi connectivity index (χ2v) is 5.65. The Labute approximate surface area is 126 Å². The summed E-state index contributed by atoms with van der Waals surface area (Å²) in [6.45, 7) is 3.04. The lowest BCUT2D eigenvalue weighted by Gasteiger charge is -2.26. The molecule has 0 radical (unpaired) electrons. The van der Waals surface area contributed by atoms with Gasteiger partial charge in [-0.25, -0.2) is 4.79 Å². The molecule has 114 valence electrons. The number of anilines is 1. The maximum atomic E-state index is 12.1. The number of rotatable bonds is 2. The van der Waals surface area contributed by atoms with Gasteiger partial charge in [-0.3, -0.25) is 4.57 Å². The fourth-order valence-corrected chi connectivity index (χ4v) is 2.68. The molecule has 0 aromatic carbocycles. The minimum Gasteiger partial charge on any atom is -0.391 e. The normalized spacial score (nSPS) is 33.6. The lowest BCUT2D eigenvalue weighted by Crippen LogP contribution is -2.45. The van der Waals surface area contributed by atoms with E-state index in [2.05, 4.69) is 10.9 Å². The summed E-state index contributed by atoms with van der Waals surface area (Å²) in [5.41, 5.74) is 5.23. The summed E-state index contributed by atoms with van der Waals surface area (Å²) >= 11 is 6.29. The number of ether oxygens (including phenoxy) is 1. The van der Waals surface area contributed by atoms with Crippen LogP contribution in [0.4, 0.5) is 5.82 Å². The van der Waals surface area contributed by atoms with Crippen LogP contribution in [-0.2, 0) is 4.74 Å². The number of aliphatic hydroxyl groups is 2. The Hall–Kier alpha value is -1.59. The van der Waals surface area contributed by atoms with Gasteiger partial charge in [0, 0.05) is 5.69 Å². The van der Waals surface area contributed by atoms with Crippen LogP contribution < -0.4 is 11.4 Å². The molecule has 0 spiro atoms. The standard InChI is InChI=1S/C13H16ClN3O4/c1-4-13(14)10(19)9(7(3)18)21-11(13)17-6(2)5-8(15)16-12(17)20/h1,5,7,9-11,18-19H,2-3H3,(H2,15,16,20)/t7-,9-,10?,11-,13-/m1/s1. The Morgan fingerprint density at radius 2 is 2.33 bits per heavy atom. The van der Waals surface area contributed by atoms with Crippen molar-refractivity contribution in [2.75, 3.05) is 5.73 Å². The van der Waals surface area contributed by atoms with Crippen LogP contribution in [0.25, 0.3) is 0 Å². The number of nitrogen functional groups attached to an aromatic ring is 1. The maximum Gasteiger partial charge on any atom is 0.351 e. The number of hydrogen-bond donors (Lipinski definition) is 3. The molecule has 2 heterocycles. The molecule has 8 heteroatoms. The van der Waals surface area contributed by atoms with Gasteiger partial charge < -0.3 is 20.7 Å². The number of terminal acetylenes is 1. The molecule has 0 bridgehead atoms. The highest BCUT2D eigenvalue weighted by atomic mass is 35.5. The second-order valence-electron chi connectivity index (χ2n) is 5.03. The summed E-state index contributed by atoms with van der Waals surface area (Å²) in [5.74, 6) is 2.31. The third-order valence-corrected chi connectivity index (χ3v) is 4.01. The Bertz CT molecular complexity index is 654. The quantitative estimate of drug-likeness (QED) is 0.496. The first-order chi connectivity index (χ1) is 9.72. The lowest BCUT2D eigenvalue weighted by atomic mass is 9.97. The molecule has 1 saturated heterocycles. The SMILES string of the molecule is C#C[C@@]1(Cl)C(O)[C@@H]([C@@H](C)O)O[C@H]1n1c(C)cc(N)nc1=O. The molecule has 1 aromatic heterocycles. The number of halogens is 1. The van der Waals surface area contributed by atoms with Crippen molar-refractivity contribution in [3.8, 4) is 12.3 Å². The minimum atomic E-state index is -1.70. The molecular weight excluding hydrogens is 298 g/mol. The van der Waals surface area contributed by atoms with Crippen molar-refractivity contribution in [1.29, 1.82) is 0 Å². The van der Waals surface area contributed by atoms with Gasteiger partial charge >= 0.3 is 5.69 Å². The number of nitrogens with two attached hydrogens (primary N) is 1. The zero-order valence-corrected chi connectivity index (χ0v) is 12.3. The zero-order chi connectivity index (χ0) is 15.9. The number of alkyl halides is 1. The van der Waals surface area contributed by atoms with Crippen molar-refractivity contribution in [3.63, 3.8) is 0 Å². The molecule has 0 amide bonds. The van der Waals surface area contributed by atoms with Gasteiger partial charge in [0.05, 0.1) is 6.10 Å². The summed E-state index contributed by atoms with van der Waals surface area (Å²) in [6, 6.07) is 1.46. The van der Waals surface area contributed by atoms with E-state index in [1.807, 2.05) is 0 Å². The predicted octanol–water partition coefficient (Wildman–Crippen LogP) is -0.616. The van der Waals surface area contributed by atoms with Crippen LogP contribution in [0.3, 0.4) is 0 Å². The van der Waals surface area contributed by atoms with Crippen LogP contribution in [0, 0.1) is 19.3 Å². The fourth-order valence-electron chi connectivity index (χ4n) is 2.41. The first-order valence-electron chi connectivity index (χ1n) is 6.26. The molecule has 1 unspecified atom stereocenters. The van der Waals surface area contributed by atoms with E-state index in [0.29, 0.717) is 5.69 Å². The van der Waals surface area contributed by atoms with E-state index in [4.69, 9.17) is 28.5 Å². The van der Waals surface area contributed by atoms with Crippen molar-refractivity contribution < 1.29 is 14.9 Å². The van der Waals surface area contributed by atoms with E-state index in [1.165, 1.54) is 13.0 Å². The Morgan fingerprint density at radius 1 is 1.71 bits per heavy atom. The average molecular weight is 314 g/mol. The highest BCUT2D eigenvalue weighted by Crippen LogP contribution is 2.43. The van der Waals surface area contributed by atoms with Crippen molar-refractivity contribution >= 4 is 17.4 Å². The number of aliphatic hydroxyl groups excluding tert-OH is 2. The largest absolute Gasteiger partial charge is 0.391 e. The number of nitrogens with zero attached hydrogens (tertiary/aromatic N) is 2. The lowest BCUT2D eigenvalue weighted by molar-refractivity contribution is -0.0777. The topological polar surface area (TPSA) is 111 Å². The van der Waals surface area contributed by atoms with E-state index in [1.54, 1.807) is 6.92 Å². The molecule has 1 aliphatic heterocycles. The molecule has 0 aliphatic carbocycles. The summed E-state index contributed by atoms with van der Waals surface area (Å²) in [6.07, 6.45) is 0.858. The Kier molecular flexibility index (Phi) is 4.00. The van der Waals surface area contributed by atoms with Gasteiger partial charge in [-0.05, 0) is 19.9 Å². The van der Waals surface area contributed by atoms with E-state index < -0.39 is 35.1 Å². The van der Waals surface area contributed by atoms with Crippen LogP contribution in [-0.4, -0.2) is 43.0 Å². The van der Waals surface area contributed by atoms with Crippen molar-refractivity contribution in [2.45, 2.75) is 43.3 Å². The van der Waals surface area contributed by atoms with Crippen molar-refractivity contribution in [3.05, 3.63) is 22.2 Å². The molecule has 0 saturated carbocycles. The monoisotopic (exact) mass is 313 g/mol. The molecule has 7 nitrogen and oxygen atoms in total. The van der Waals surface area contributed by atoms with Gasteiger partial charge in [0.2, 0.25) is 0 Å². The van der Waals surface area contributed by atoms with E-state index >= 15 is 0 Å². The summed E-state index contributed by atoms with van der Waals surface area (Å²) in [5, 5.41) is 19.9. The highest BCUT2D eigenvalue weighted by molar-refractivity contribution is 6.27. The van der Waals surface area contributed by atoms with Crippen LogP contribution in [0.2, 0.25) is 0 Å². The van der Waals surface area contributed by atoms with Gasteiger partial charge in [0.1, 0.15) is 18.0 Å². The summed E-state index contributed by atoms with van der Waals surface area (Å²) in [4.78, 5) is 14.0. The van der Waals surface area contributed by atoms with Gasteiger partial charge in [-0.2, -0.15) is 4.98 Å². The highest BCUT2D eigenvalue weighted by Gasteiger charge is 2.57. The van der Waals surface area contributed by atoms with E-state index in [0.717, 1.165) is 4.57 Å². The van der Waals surface area contributed by atoms with Gasteiger partial charge in [-0.15, -0.1) is 6.42 Å². The average Bonchev–Trinajstić information content (AvgIpc) is 2.63. The Balaban J connectivity index is 2.59. The molecule has 1 fully saturated rings. The molecule has 1 aromatic rings. The summed E-state index contributed by atoms with van der Waals surface area (Å²) < 4.78 is 6.66. The minimum absolute atomic E-state index is 0.0558. The van der Waals surface area contributed by atoms with Crippen LogP contribution in [0.1, 0.15) is 18.8 Å². The van der Waals surface area contributed by atoms with Crippen LogP contribution in [0.5, 0.6) is 0 Å². The first-order valence-corrected chi connectivity index (χ1v) is 6.64. The fraction of sp³-hybridized carbons (Fsp3) is 0.538. The molecular formula is C13H16ClN3O4. The first kappa shape index (κ1) is 15.8. The number of aryl methyl sites for hydroxylation is 1. The molecule has 5 atom stereocenters. The third-order valence-electron chi connectivity index (χ3n) is 3.49. The zero-order valence-electron chi connectivity index (χ0n) is 11.5. The van der Waals surface area contributed by atoms with Crippen LogP contribution in [0.15, 0.2) is 10.9 Å². The maximum absolute atomic E-state index is 12.1. The van der Waals surface area contributed by atoms with Gasteiger partial charge in [0.15, 0.2) is 11.1 Å². The van der Waals surface area contributed by atoms with E-state index in [-0.39, 0.29) is 5.82 Å². The Morgan fingerprint density at radius 3 is 2.81 bits per heavy atom. The summed E-state index contributed by atoms with van der Waals surface area (Å²) in [7, 11) is 0. The number of hydrogen-bond acceptors (Lipinski definition) is 6. The van der Waals surface area contributed by atoms with Crippen LogP contribution >= 0.6 is 11.6 Å². The molecule has 21 heavy (non-hydrogen) atoms. The van der Waals surface area contributed by atoms with E-state index in [9.17, 15) is 15.0 Å². The molecule has 1 aliphatic rings.